The van der Waals surface area contributed by atoms with Gasteiger partial charge >= 0.3 is 0 Å². The number of amides is 1. The lowest BCUT2D eigenvalue weighted by Gasteiger charge is -2.26. The third kappa shape index (κ3) is 4.42. The van der Waals surface area contributed by atoms with Gasteiger partial charge in [-0.2, -0.15) is 0 Å². The molecule has 1 amide bonds. The number of hydrogen-bond donors (Lipinski definition) is 3. The summed E-state index contributed by atoms with van der Waals surface area (Å²) >= 11 is 0. The van der Waals surface area contributed by atoms with Crippen molar-refractivity contribution in [3.05, 3.63) is 94.6 Å². The third-order valence-corrected chi connectivity index (χ3v) is 6.76. The topological polar surface area (TPSA) is 114 Å². The molecule has 4 rings (SSSR count). The number of primary amides is 1. The highest BCUT2D eigenvalue weighted by Gasteiger charge is 2.32. The fourth-order valence-electron chi connectivity index (χ4n) is 3.67. The summed E-state index contributed by atoms with van der Waals surface area (Å²) < 4.78 is 57.3. The van der Waals surface area contributed by atoms with Crippen molar-refractivity contribution in [1.29, 1.82) is 0 Å². The van der Waals surface area contributed by atoms with Crippen molar-refractivity contribution in [2.24, 2.45) is 10.7 Å². The number of carbonyl (C=O) groups is 1. The Kier molecular flexibility index (Phi) is 5.86. The zero-order chi connectivity index (χ0) is 23.8. The molecule has 3 aromatic rings. The van der Waals surface area contributed by atoms with E-state index in [9.17, 15) is 22.0 Å². The number of sulfonamides is 1. The van der Waals surface area contributed by atoms with E-state index in [1.165, 1.54) is 30.3 Å². The van der Waals surface area contributed by atoms with E-state index in [1.54, 1.807) is 25.1 Å². The molecule has 0 unspecified atom stereocenters. The van der Waals surface area contributed by atoms with Crippen LogP contribution in [0.25, 0.3) is 0 Å². The van der Waals surface area contributed by atoms with Crippen LogP contribution in [0.3, 0.4) is 0 Å². The average Bonchev–Trinajstić information content (AvgIpc) is 2.77. The van der Waals surface area contributed by atoms with E-state index in [2.05, 4.69) is 15.0 Å². The molecule has 0 fully saturated rings. The highest BCUT2D eigenvalue weighted by atomic mass is 32.2. The maximum Gasteiger partial charge on any atom is 0.266 e. The quantitative estimate of drug-likeness (QED) is 0.530. The Balaban J connectivity index is 1.72. The van der Waals surface area contributed by atoms with Gasteiger partial charge in [0.15, 0.2) is 0 Å². The maximum atomic E-state index is 14.9. The molecule has 10 heteroatoms. The molecule has 33 heavy (non-hydrogen) atoms. The summed E-state index contributed by atoms with van der Waals surface area (Å²) in [6.07, 6.45) is 0. The average molecular weight is 471 g/mol. The highest BCUT2D eigenvalue weighted by molar-refractivity contribution is 7.90. The van der Waals surface area contributed by atoms with E-state index >= 15 is 0 Å². The van der Waals surface area contributed by atoms with Crippen molar-refractivity contribution in [2.75, 3.05) is 5.32 Å². The third-order valence-electron chi connectivity index (χ3n) is 5.38. The molecular weight excluding hydrogens is 450 g/mol. The van der Waals surface area contributed by atoms with Crippen molar-refractivity contribution >= 4 is 27.6 Å². The molecule has 1 aliphatic rings. The molecule has 7 nitrogen and oxygen atoms in total. The van der Waals surface area contributed by atoms with Crippen LogP contribution in [0.5, 0.6) is 0 Å². The van der Waals surface area contributed by atoms with Gasteiger partial charge in [-0.05, 0) is 41.5 Å². The van der Waals surface area contributed by atoms with Crippen LogP contribution in [0.2, 0.25) is 0 Å². The van der Waals surface area contributed by atoms with E-state index in [0.29, 0.717) is 11.1 Å². The Morgan fingerprint density at radius 3 is 2.39 bits per heavy atom. The fourth-order valence-corrected chi connectivity index (χ4v) is 4.83. The fraction of sp³-hybridized carbons (Fsp3) is 0.130. The number of rotatable bonds is 5. The first kappa shape index (κ1) is 22.4. The van der Waals surface area contributed by atoms with Crippen molar-refractivity contribution in [2.45, 2.75) is 24.3 Å². The first-order valence-corrected chi connectivity index (χ1v) is 11.5. The summed E-state index contributed by atoms with van der Waals surface area (Å²) in [6, 6.07) is 14.5. The van der Waals surface area contributed by atoms with Crippen molar-refractivity contribution < 1.29 is 22.0 Å². The van der Waals surface area contributed by atoms with Crippen molar-refractivity contribution in [3.8, 4) is 0 Å². The highest BCUT2D eigenvalue weighted by Crippen LogP contribution is 2.38. The standard InChI is InChI=1S/C23H20F2N4O3S/c1-13(16-4-2-3-5-17(16)24)20-18(25)10-11-19-21(20)28-23(29-33(19,31)32)27-12-14-6-8-15(9-7-14)22(26)30/h2-11,13H,12H2,1H3,(H2,26,30)(H2,27,28,29)/t13-/m0/s1. The number of benzene rings is 3. The molecule has 3 aromatic carbocycles. The van der Waals surface area contributed by atoms with E-state index in [4.69, 9.17) is 5.73 Å². The molecule has 0 saturated carbocycles. The van der Waals surface area contributed by atoms with Gasteiger partial charge in [-0.3, -0.25) is 4.79 Å². The van der Waals surface area contributed by atoms with Crippen LogP contribution in [0.4, 0.5) is 14.5 Å². The van der Waals surface area contributed by atoms with Crippen LogP contribution in [-0.2, 0) is 16.6 Å². The number of carbonyl (C=O) groups excluding carboxylic acids is 1. The molecule has 1 aliphatic heterocycles. The minimum absolute atomic E-state index is 0.00679. The second-order valence-corrected chi connectivity index (χ2v) is 9.18. The van der Waals surface area contributed by atoms with Gasteiger partial charge in [-0.25, -0.2) is 26.9 Å². The molecule has 0 saturated heterocycles. The zero-order valence-electron chi connectivity index (χ0n) is 17.5. The zero-order valence-corrected chi connectivity index (χ0v) is 18.3. The van der Waals surface area contributed by atoms with Crippen LogP contribution in [0, 0.1) is 11.6 Å². The van der Waals surface area contributed by atoms with Crippen LogP contribution >= 0.6 is 0 Å². The van der Waals surface area contributed by atoms with E-state index < -0.39 is 33.5 Å². The summed E-state index contributed by atoms with van der Waals surface area (Å²) in [6.45, 7) is 1.68. The second kappa shape index (κ2) is 8.62. The predicted molar refractivity (Wildman–Crippen MR) is 120 cm³/mol. The Morgan fingerprint density at radius 2 is 1.73 bits per heavy atom. The molecule has 170 valence electrons. The van der Waals surface area contributed by atoms with Gasteiger partial charge in [-0.15, -0.1) is 0 Å². The van der Waals surface area contributed by atoms with E-state index in [0.717, 1.165) is 12.1 Å². The number of aliphatic imine (C=N–C) groups is 1. The van der Waals surface area contributed by atoms with Crippen LogP contribution < -0.4 is 15.8 Å². The van der Waals surface area contributed by atoms with Gasteiger partial charge < -0.3 is 11.1 Å². The van der Waals surface area contributed by atoms with Crippen LogP contribution in [-0.4, -0.2) is 20.3 Å². The summed E-state index contributed by atoms with van der Waals surface area (Å²) in [5.41, 5.74) is 6.50. The number of guanidine groups is 1. The Labute approximate surface area is 189 Å². The van der Waals surface area contributed by atoms with Gasteiger partial charge in [0.1, 0.15) is 16.5 Å². The second-order valence-electron chi connectivity index (χ2n) is 7.53. The Bertz CT molecular complexity index is 1370. The minimum atomic E-state index is -4.04. The first-order chi connectivity index (χ1) is 15.7. The van der Waals surface area contributed by atoms with Gasteiger partial charge in [0.2, 0.25) is 11.9 Å². The van der Waals surface area contributed by atoms with Crippen LogP contribution in [0.15, 0.2) is 70.6 Å². The molecule has 4 N–H and O–H groups in total. The van der Waals surface area contributed by atoms with Gasteiger partial charge in [0.05, 0.1) is 12.2 Å². The predicted octanol–water partition coefficient (Wildman–Crippen LogP) is 3.48. The molecule has 0 aliphatic carbocycles. The minimum Gasteiger partial charge on any atom is -0.366 e. The van der Waals surface area contributed by atoms with Gasteiger partial charge in [0.25, 0.3) is 10.0 Å². The van der Waals surface area contributed by atoms with Gasteiger partial charge in [0, 0.05) is 17.0 Å². The summed E-state index contributed by atoms with van der Waals surface area (Å²) in [5, 5.41) is 2.86. The molecule has 0 radical (unpaired) electrons. The molecule has 0 spiro atoms. The van der Waals surface area contributed by atoms with Crippen LogP contribution in [0.1, 0.15) is 39.9 Å². The number of hydrogen-bond acceptors (Lipinski definition) is 4. The van der Waals surface area contributed by atoms with E-state index in [1.807, 2.05) is 0 Å². The molecule has 0 aromatic heterocycles. The maximum absolute atomic E-state index is 14.9. The lowest BCUT2D eigenvalue weighted by Crippen LogP contribution is -2.41. The molecule has 1 heterocycles. The number of nitrogens with one attached hydrogen (secondary N) is 2. The van der Waals surface area contributed by atoms with Crippen molar-refractivity contribution in [1.82, 2.24) is 4.72 Å². The largest absolute Gasteiger partial charge is 0.366 e. The number of anilines is 1. The summed E-state index contributed by atoms with van der Waals surface area (Å²) in [4.78, 5) is 15.3. The van der Waals surface area contributed by atoms with Gasteiger partial charge in [-0.1, -0.05) is 37.3 Å². The Morgan fingerprint density at radius 1 is 1.03 bits per heavy atom. The molecule has 0 bridgehead atoms. The monoisotopic (exact) mass is 470 g/mol. The SMILES string of the molecule is C[C@@H](c1ccccc1F)c1c(F)ccc2c1NC(=NCc1ccc(C(N)=O)cc1)NS2(=O)=O. The lowest BCUT2D eigenvalue weighted by atomic mass is 9.91. The number of nitrogens with zero attached hydrogens (tertiary/aromatic N) is 1. The lowest BCUT2D eigenvalue weighted by molar-refractivity contribution is 0.1000. The van der Waals surface area contributed by atoms with Crippen molar-refractivity contribution in [3.63, 3.8) is 0 Å². The molecular formula is C23H20F2N4O3S. The first-order valence-electron chi connectivity index (χ1n) is 9.97. The number of nitrogens with two attached hydrogens (primary N) is 1. The van der Waals surface area contributed by atoms with E-state index in [-0.39, 0.29) is 34.2 Å². The summed E-state index contributed by atoms with van der Waals surface area (Å²) in [7, 11) is -4.04. The normalized spacial score (nSPS) is 16.4. The molecule has 1 atom stereocenters. The summed E-state index contributed by atoms with van der Waals surface area (Å²) in [5.74, 6) is -2.63. The number of halogens is 2. The smallest absolute Gasteiger partial charge is 0.266 e. The Hall–Kier alpha value is -3.79. The number of fused-ring (bicyclic) bond motifs is 1.